The predicted octanol–water partition coefficient (Wildman–Crippen LogP) is 2.75. The number of ether oxygens (including phenoxy) is 1. The Labute approximate surface area is 144 Å². The quantitative estimate of drug-likeness (QED) is 0.922. The van der Waals surface area contributed by atoms with Gasteiger partial charge in [-0.25, -0.2) is 0 Å². The molecule has 1 aliphatic heterocycles. The van der Waals surface area contributed by atoms with E-state index >= 15 is 0 Å². The van der Waals surface area contributed by atoms with Gasteiger partial charge in [0.25, 0.3) is 5.91 Å². The van der Waals surface area contributed by atoms with E-state index in [4.69, 9.17) is 9.15 Å². The second-order valence-electron chi connectivity index (χ2n) is 5.40. The van der Waals surface area contributed by atoms with E-state index in [1.165, 1.54) is 6.26 Å². The molecule has 1 aromatic heterocycles. The van der Waals surface area contributed by atoms with Crippen LogP contribution in [-0.2, 0) is 4.79 Å². The highest BCUT2D eigenvalue weighted by atomic mass is 32.2. The number of benzene rings is 1. The number of nitrogens with one attached hydrogen (secondary N) is 1. The van der Waals surface area contributed by atoms with Crippen LogP contribution < -0.4 is 10.1 Å². The van der Waals surface area contributed by atoms with Crippen LogP contribution in [0.15, 0.2) is 41.0 Å². The molecule has 0 saturated carbocycles. The van der Waals surface area contributed by atoms with Gasteiger partial charge in [0.2, 0.25) is 5.91 Å². The van der Waals surface area contributed by atoms with Gasteiger partial charge >= 0.3 is 0 Å². The maximum Gasteiger partial charge on any atom is 0.258 e. The molecule has 0 aliphatic carbocycles. The molecule has 2 amide bonds. The monoisotopic (exact) mass is 346 g/mol. The number of amides is 2. The summed E-state index contributed by atoms with van der Waals surface area (Å²) in [6.45, 7) is 1.74. The van der Waals surface area contributed by atoms with Crippen LogP contribution in [0.5, 0.6) is 5.75 Å². The average Bonchev–Trinajstić information content (AvgIpc) is 3.24. The molecule has 0 unspecified atom stereocenters. The summed E-state index contributed by atoms with van der Waals surface area (Å²) in [5.74, 6) is 1.97. The maximum atomic E-state index is 12.6. The molecule has 24 heavy (non-hydrogen) atoms. The summed E-state index contributed by atoms with van der Waals surface area (Å²) in [5, 5.41) is 2.85. The molecule has 1 aromatic carbocycles. The number of hydrogen-bond donors (Lipinski definition) is 1. The highest BCUT2D eigenvalue weighted by molar-refractivity contribution is 7.99. The first-order chi connectivity index (χ1) is 11.6. The van der Waals surface area contributed by atoms with E-state index in [-0.39, 0.29) is 11.8 Å². The molecular formula is C17H18N2O4S. The molecular weight excluding hydrogens is 328 g/mol. The maximum absolute atomic E-state index is 12.6. The zero-order chi connectivity index (χ0) is 17.1. The average molecular weight is 346 g/mol. The molecule has 2 heterocycles. The Hall–Kier alpha value is -2.41. The molecule has 0 radical (unpaired) electrons. The normalized spacial score (nSPS) is 16.9. The number of rotatable bonds is 4. The van der Waals surface area contributed by atoms with Gasteiger partial charge in [0.1, 0.15) is 17.6 Å². The minimum Gasteiger partial charge on any atom is -0.497 e. The summed E-state index contributed by atoms with van der Waals surface area (Å²) >= 11 is 1.56. The lowest BCUT2D eigenvalue weighted by Gasteiger charge is -2.22. The van der Waals surface area contributed by atoms with Gasteiger partial charge < -0.3 is 19.4 Å². The summed E-state index contributed by atoms with van der Waals surface area (Å²) < 4.78 is 10.3. The molecule has 7 heteroatoms. The Balaban J connectivity index is 1.71. The number of nitrogens with zero attached hydrogens (tertiary/aromatic N) is 1. The predicted molar refractivity (Wildman–Crippen MR) is 92.4 cm³/mol. The summed E-state index contributed by atoms with van der Waals surface area (Å²) in [6, 6.07) is 8.22. The van der Waals surface area contributed by atoms with Gasteiger partial charge in [0, 0.05) is 11.4 Å². The second-order valence-corrected chi connectivity index (χ2v) is 6.40. The standard InChI is InChI=1S/C17H18N2O4S/c1-11-14(7-8-23-11)17(21)19-10-24-9-15(19)16(20)18-12-3-5-13(22-2)6-4-12/h3-8,15H,9-10H2,1-2H3,(H,18,20)/t15-/m1/s1. The highest BCUT2D eigenvalue weighted by Gasteiger charge is 2.36. The van der Waals surface area contributed by atoms with E-state index in [0.717, 1.165) is 5.75 Å². The Morgan fingerprint density at radius 3 is 2.67 bits per heavy atom. The van der Waals surface area contributed by atoms with E-state index < -0.39 is 6.04 Å². The van der Waals surface area contributed by atoms with Crippen molar-refractivity contribution in [1.29, 1.82) is 0 Å². The second kappa shape index (κ2) is 7.00. The number of furan rings is 1. The number of thioether (sulfide) groups is 1. The van der Waals surface area contributed by atoms with Gasteiger partial charge in [0.15, 0.2) is 0 Å². The molecule has 1 saturated heterocycles. The van der Waals surface area contributed by atoms with Crippen molar-refractivity contribution in [3.8, 4) is 5.75 Å². The molecule has 126 valence electrons. The summed E-state index contributed by atoms with van der Waals surface area (Å²) in [5.41, 5.74) is 1.17. The SMILES string of the molecule is COc1ccc(NC(=O)[C@H]2CSCN2C(=O)c2ccoc2C)cc1. The molecule has 3 rings (SSSR count). The Kier molecular flexibility index (Phi) is 4.80. The molecule has 1 atom stereocenters. The fraction of sp³-hybridized carbons (Fsp3) is 0.294. The van der Waals surface area contributed by atoms with Crippen molar-refractivity contribution >= 4 is 29.3 Å². The number of carbonyl (C=O) groups is 2. The molecule has 0 spiro atoms. The Morgan fingerprint density at radius 1 is 1.29 bits per heavy atom. The van der Waals surface area contributed by atoms with Crippen LogP contribution in [0.3, 0.4) is 0 Å². The minimum atomic E-state index is -0.501. The molecule has 1 aliphatic rings. The van der Waals surface area contributed by atoms with Gasteiger partial charge in [-0.05, 0) is 37.3 Å². The summed E-state index contributed by atoms with van der Waals surface area (Å²) in [4.78, 5) is 26.8. The van der Waals surface area contributed by atoms with E-state index in [1.54, 1.807) is 61.0 Å². The number of methoxy groups -OCH3 is 1. The summed E-state index contributed by atoms with van der Waals surface area (Å²) in [7, 11) is 1.59. The Bertz CT molecular complexity index is 741. The lowest BCUT2D eigenvalue weighted by molar-refractivity contribution is -0.119. The Morgan fingerprint density at radius 2 is 2.04 bits per heavy atom. The van der Waals surface area contributed by atoms with Gasteiger partial charge in [-0.15, -0.1) is 11.8 Å². The van der Waals surface area contributed by atoms with Crippen molar-refractivity contribution in [2.24, 2.45) is 0 Å². The highest BCUT2D eigenvalue weighted by Crippen LogP contribution is 2.26. The van der Waals surface area contributed by atoms with Crippen LogP contribution in [0.1, 0.15) is 16.1 Å². The van der Waals surface area contributed by atoms with Crippen LogP contribution in [-0.4, -0.2) is 41.5 Å². The van der Waals surface area contributed by atoms with E-state index in [1.807, 2.05) is 0 Å². The van der Waals surface area contributed by atoms with E-state index in [0.29, 0.717) is 28.6 Å². The van der Waals surface area contributed by atoms with Crippen molar-refractivity contribution in [3.63, 3.8) is 0 Å². The fourth-order valence-corrected chi connectivity index (χ4v) is 3.68. The van der Waals surface area contributed by atoms with Crippen molar-refractivity contribution in [2.45, 2.75) is 13.0 Å². The fourth-order valence-electron chi connectivity index (χ4n) is 2.52. The molecule has 0 bridgehead atoms. The van der Waals surface area contributed by atoms with Crippen molar-refractivity contribution in [1.82, 2.24) is 4.90 Å². The first kappa shape index (κ1) is 16.4. The van der Waals surface area contributed by atoms with Crippen LogP contribution >= 0.6 is 11.8 Å². The smallest absolute Gasteiger partial charge is 0.258 e. The lowest BCUT2D eigenvalue weighted by Crippen LogP contribution is -2.44. The minimum absolute atomic E-state index is 0.180. The third-order valence-corrected chi connectivity index (χ3v) is 4.90. The van der Waals surface area contributed by atoms with Crippen LogP contribution in [0.4, 0.5) is 5.69 Å². The number of carbonyl (C=O) groups excluding carboxylic acids is 2. The topological polar surface area (TPSA) is 71.8 Å². The van der Waals surface area contributed by atoms with E-state index in [2.05, 4.69) is 5.32 Å². The third kappa shape index (κ3) is 3.26. The zero-order valence-corrected chi connectivity index (χ0v) is 14.3. The summed E-state index contributed by atoms with van der Waals surface area (Å²) in [6.07, 6.45) is 1.48. The first-order valence-electron chi connectivity index (χ1n) is 7.48. The molecule has 6 nitrogen and oxygen atoms in total. The molecule has 1 N–H and O–H groups in total. The zero-order valence-electron chi connectivity index (χ0n) is 13.4. The van der Waals surface area contributed by atoms with Crippen LogP contribution in [0.25, 0.3) is 0 Å². The lowest BCUT2D eigenvalue weighted by atomic mass is 10.2. The van der Waals surface area contributed by atoms with Gasteiger partial charge in [-0.2, -0.15) is 0 Å². The van der Waals surface area contributed by atoms with Crippen molar-refractivity contribution in [3.05, 3.63) is 47.9 Å². The van der Waals surface area contributed by atoms with Gasteiger partial charge in [-0.3, -0.25) is 9.59 Å². The van der Waals surface area contributed by atoms with Crippen LogP contribution in [0.2, 0.25) is 0 Å². The number of aryl methyl sites for hydroxylation is 1. The van der Waals surface area contributed by atoms with Crippen molar-refractivity contribution in [2.75, 3.05) is 24.1 Å². The molecule has 1 fully saturated rings. The van der Waals surface area contributed by atoms with Crippen molar-refractivity contribution < 1.29 is 18.7 Å². The van der Waals surface area contributed by atoms with Crippen LogP contribution in [0, 0.1) is 6.92 Å². The third-order valence-electron chi connectivity index (χ3n) is 3.89. The van der Waals surface area contributed by atoms with Gasteiger partial charge in [-0.1, -0.05) is 0 Å². The van der Waals surface area contributed by atoms with Gasteiger partial charge in [0.05, 0.1) is 24.8 Å². The number of hydrogen-bond acceptors (Lipinski definition) is 5. The van der Waals surface area contributed by atoms with E-state index in [9.17, 15) is 9.59 Å². The molecule has 2 aromatic rings. The number of anilines is 1. The largest absolute Gasteiger partial charge is 0.497 e. The first-order valence-corrected chi connectivity index (χ1v) is 8.63.